The topological polar surface area (TPSA) is 51.7 Å². The molecule has 0 amide bonds. The zero-order valence-corrected chi connectivity index (χ0v) is 3.73. The van der Waals surface area contributed by atoms with Gasteiger partial charge in [0.15, 0.2) is 0 Å². The molecule has 2 nitrogen and oxygen atoms in total. The molecule has 0 bridgehead atoms. The molecule has 3 N–H and O–H groups in total. The molecule has 0 unspecified atom stereocenters. The molecule has 0 aromatic rings. The van der Waals surface area contributed by atoms with Crippen molar-refractivity contribution in [3.05, 3.63) is 0 Å². The summed E-state index contributed by atoms with van der Waals surface area (Å²) in [5.41, 5.74) is 0. The minimum atomic E-state index is 0. The molecule has 0 atom stereocenters. The van der Waals surface area contributed by atoms with Gasteiger partial charge < -0.3 is 10.6 Å². The minimum absolute atomic E-state index is 0. The third-order valence-corrected chi connectivity index (χ3v) is 0. The molecule has 0 spiro atoms. The van der Waals surface area contributed by atoms with Gasteiger partial charge in [0.1, 0.15) is 0 Å². The van der Waals surface area contributed by atoms with Crippen LogP contribution < -0.4 is 0 Å². The normalized spacial score (nSPS) is 1.50. The Morgan fingerprint density at radius 3 is 1.25 bits per heavy atom. The first-order chi connectivity index (χ1) is 1.00. The summed E-state index contributed by atoms with van der Waals surface area (Å²) >= 11 is 0. The van der Waals surface area contributed by atoms with Crippen molar-refractivity contribution >= 4 is 0 Å². The van der Waals surface area contributed by atoms with E-state index in [-0.39, 0.29) is 27.9 Å². The SMILES string of the molecule is CO.O.[Ag]. The molecule has 1 radical (unpaired) electrons. The van der Waals surface area contributed by atoms with E-state index in [9.17, 15) is 0 Å². The van der Waals surface area contributed by atoms with E-state index in [1.807, 2.05) is 0 Å². The summed E-state index contributed by atoms with van der Waals surface area (Å²) in [6.07, 6.45) is 0. The third-order valence-electron chi connectivity index (χ3n) is 0. The van der Waals surface area contributed by atoms with Crippen LogP contribution in [0.25, 0.3) is 0 Å². The van der Waals surface area contributed by atoms with Crippen molar-refractivity contribution in [1.82, 2.24) is 0 Å². The minimum Gasteiger partial charge on any atom is -0.412 e. The first kappa shape index (κ1) is 22.7. The molecule has 0 aliphatic carbocycles. The van der Waals surface area contributed by atoms with E-state index in [1.165, 1.54) is 0 Å². The predicted molar refractivity (Wildman–Crippen MR) is 11.8 cm³/mol. The van der Waals surface area contributed by atoms with Crippen LogP contribution in [0.1, 0.15) is 0 Å². The second kappa shape index (κ2) is 59.4. The zero-order valence-electron chi connectivity index (χ0n) is 2.25. The molecule has 0 fully saturated rings. The van der Waals surface area contributed by atoms with Crippen LogP contribution in [0.15, 0.2) is 0 Å². The molecular formula is CH6AgO2. The fourth-order valence-corrected chi connectivity index (χ4v) is 0. The molecule has 0 saturated carbocycles. The second-order valence-corrected chi connectivity index (χ2v) is 0. The fourth-order valence-electron chi connectivity index (χ4n) is 0. The number of hydrogen-bond acceptors (Lipinski definition) is 1. The molecule has 4 heavy (non-hydrogen) atoms. The Hall–Kier alpha value is 0.660. The van der Waals surface area contributed by atoms with Gasteiger partial charge in [0.05, 0.1) is 0 Å². The van der Waals surface area contributed by atoms with Gasteiger partial charge in [-0.2, -0.15) is 0 Å². The van der Waals surface area contributed by atoms with Crippen LogP contribution in [0.4, 0.5) is 0 Å². The van der Waals surface area contributed by atoms with Crippen LogP contribution in [0, 0.1) is 0 Å². The van der Waals surface area contributed by atoms with Crippen molar-refractivity contribution in [2.75, 3.05) is 7.11 Å². The van der Waals surface area contributed by atoms with Gasteiger partial charge in [-0.05, 0) is 0 Å². The Bertz CT molecular complexity index is 6.00. The van der Waals surface area contributed by atoms with Crippen LogP contribution in [0.5, 0.6) is 0 Å². The van der Waals surface area contributed by atoms with Gasteiger partial charge in [-0.1, -0.05) is 0 Å². The largest absolute Gasteiger partial charge is 0.412 e. The molecule has 0 aromatic carbocycles. The first-order valence-electron chi connectivity index (χ1n) is 0.447. The average molecular weight is 158 g/mol. The number of hydrogen-bond donors (Lipinski definition) is 1. The second-order valence-electron chi connectivity index (χ2n) is 0. The van der Waals surface area contributed by atoms with E-state index in [2.05, 4.69) is 0 Å². The Labute approximate surface area is 40.6 Å². The molecule has 0 heterocycles. The Morgan fingerprint density at radius 1 is 1.25 bits per heavy atom. The van der Waals surface area contributed by atoms with Crippen molar-refractivity contribution in [2.24, 2.45) is 0 Å². The van der Waals surface area contributed by atoms with Gasteiger partial charge in [-0.3, -0.25) is 0 Å². The van der Waals surface area contributed by atoms with Crippen LogP contribution >= 0.6 is 0 Å². The van der Waals surface area contributed by atoms with E-state index >= 15 is 0 Å². The Kier molecular flexibility index (Phi) is 336. The summed E-state index contributed by atoms with van der Waals surface area (Å²) in [5.74, 6) is 0. The standard InChI is InChI=1S/CH4O.Ag.H2O/c1-2;;/h2H,1H3;;1H2. The van der Waals surface area contributed by atoms with Crippen molar-refractivity contribution in [1.29, 1.82) is 0 Å². The third kappa shape index (κ3) is 16.8. The maximum absolute atomic E-state index is 7.00. The molecule has 3 heteroatoms. The summed E-state index contributed by atoms with van der Waals surface area (Å²) < 4.78 is 0. The fraction of sp³-hybridized carbons (Fsp3) is 1.00. The molecule has 0 rings (SSSR count). The summed E-state index contributed by atoms with van der Waals surface area (Å²) in [6, 6.07) is 0. The van der Waals surface area contributed by atoms with Crippen molar-refractivity contribution in [3.63, 3.8) is 0 Å². The first-order valence-corrected chi connectivity index (χ1v) is 0.447. The molecule has 0 saturated heterocycles. The Morgan fingerprint density at radius 2 is 1.25 bits per heavy atom. The van der Waals surface area contributed by atoms with Gasteiger partial charge in [0.25, 0.3) is 0 Å². The monoisotopic (exact) mass is 157 g/mol. The van der Waals surface area contributed by atoms with E-state index in [1.54, 1.807) is 0 Å². The van der Waals surface area contributed by atoms with E-state index < -0.39 is 0 Å². The van der Waals surface area contributed by atoms with Crippen LogP contribution in [0.3, 0.4) is 0 Å². The van der Waals surface area contributed by atoms with E-state index in [4.69, 9.17) is 5.11 Å². The van der Waals surface area contributed by atoms with Crippen molar-refractivity contribution in [2.45, 2.75) is 0 Å². The average Bonchev–Trinajstić information content (AvgIpc) is 1.00. The Balaban J connectivity index is -0.00000000500. The smallest absolute Gasteiger partial charge is 0.0319 e. The summed E-state index contributed by atoms with van der Waals surface area (Å²) in [6.45, 7) is 0. The molecule has 33 valence electrons. The summed E-state index contributed by atoms with van der Waals surface area (Å²) in [4.78, 5) is 0. The maximum atomic E-state index is 7.00. The zero-order chi connectivity index (χ0) is 2.00. The van der Waals surface area contributed by atoms with Crippen LogP contribution in [0.2, 0.25) is 0 Å². The van der Waals surface area contributed by atoms with Gasteiger partial charge >= 0.3 is 0 Å². The number of rotatable bonds is 0. The van der Waals surface area contributed by atoms with Gasteiger partial charge in [-0.15, -0.1) is 0 Å². The van der Waals surface area contributed by atoms with E-state index in [0.717, 1.165) is 7.11 Å². The molecule has 0 aliphatic heterocycles. The van der Waals surface area contributed by atoms with Crippen LogP contribution in [-0.2, 0) is 22.4 Å². The van der Waals surface area contributed by atoms with E-state index in [0.29, 0.717) is 0 Å². The number of aliphatic hydroxyl groups excluding tert-OH is 1. The molecular weight excluding hydrogens is 152 g/mol. The maximum Gasteiger partial charge on any atom is 0.0319 e. The van der Waals surface area contributed by atoms with Crippen molar-refractivity contribution < 1.29 is 33.0 Å². The van der Waals surface area contributed by atoms with Gasteiger partial charge in [0.2, 0.25) is 0 Å². The summed E-state index contributed by atoms with van der Waals surface area (Å²) in [7, 11) is 1.00. The molecule has 0 aromatic heterocycles. The summed E-state index contributed by atoms with van der Waals surface area (Å²) in [5, 5.41) is 7.00. The predicted octanol–water partition coefficient (Wildman–Crippen LogP) is -1.22. The van der Waals surface area contributed by atoms with Crippen molar-refractivity contribution in [3.8, 4) is 0 Å². The number of aliphatic hydroxyl groups is 1. The quantitative estimate of drug-likeness (QED) is 0.441. The van der Waals surface area contributed by atoms with Gasteiger partial charge in [0, 0.05) is 29.5 Å². The van der Waals surface area contributed by atoms with Crippen LogP contribution in [-0.4, -0.2) is 17.7 Å². The van der Waals surface area contributed by atoms with Gasteiger partial charge in [-0.25, -0.2) is 0 Å². The molecule has 0 aliphatic rings.